The average molecular weight is 138 g/mol. The number of nitrogens with one attached hydrogen (secondary N) is 2. The molecule has 2 amide bonds. The Morgan fingerprint density at radius 2 is 1.60 bits per heavy atom. The van der Waals surface area contributed by atoms with Gasteiger partial charge in [-0.3, -0.25) is 0 Å². The molecule has 0 heterocycles. The van der Waals surface area contributed by atoms with Crippen molar-refractivity contribution in [2.24, 2.45) is 0 Å². The van der Waals surface area contributed by atoms with E-state index >= 15 is 0 Å². The summed E-state index contributed by atoms with van der Waals surface area (Å²) >= 11 is 0. The topological polar surface area (TPSA) is 88.7 Å². The minimum absolute atomic E-state index is 0.0444. The van der Waals surface area contributed by atoms with Gasteiger partial charge in [-0.05, 0) is 0 Å². The fourth-order valence-corrected chi connectivity index (χ4v) is 0.302. The second kappa shape index (κ2) is 5.39. The van der Waals surface area contributed by atoms with Crippen LogP contribution >= 0.6 is 0 Å². The van der Waals surface area contributed by atoms with Crippen LogP contribution in [0.5, 0.6) is 0 Å². The van der Waals surface area contributed by atoms with Gasteiger partial charge in [-0.2, -0.15) is 10.5 Å². The van der Waals surface area contributed by atoms with E-state index in [2.05, 4.69) is 10.6 Å². The Bertz CT molecular complexity index is 167. The van der Waals surface area contributed by atoms with Crippen molar-refractivity contribution in [1.82, 2.24) is 10.6 Å². The molecule has 52 valence electrons. The molecule has 5 heteroatoms. The zero-order valence-corrected chi connectivity index (χ0v) is 5.22. The van der Waals surface area contributed by atoms with Crippen molar-refractivity contribution in [2.75, 3.05) is 13.1 Å². The first-order valence-corrected chi connectivity index (χ1v) is 2.57. The monoisotopic (exact) mass is 138 g/mol. The zero-order valence-electron chi connectivity index (χ0n) is 5.22. The molecule has 0 bridgehead atoms. The van der Waals surface area contributed by atoms with Gasteiger partial charge in [-0.1, -0.05) is 0 Å². The van der Waals surface area contributed by atoms with E-state index in [9.17, 15) is 4.79 Å². The summed E-state index contributed by atoms with van der Waals surface area (Å²) in [4.78, 5) is 10.4. The number of hydrogen-bond acceptors (Lipinski definition) is 3. The average Bonchev–Trinajstić information content (AvgIpc) is 1.97. The molecular weight excluding hydrogens is 132 g/mol. The zero-order chi connectivity index (χ0) is 7.82. The van der Waals surface area contributed by atoms with Crippen LogP contribution in [-0.2, 0) is 0 Å². The molecule has 0 atom stereocenters. The lowest BCUT2D eigenvalue weighted by Crippen LogP contribution is -2.35. The number of nitrogens with zero attached hydrogens (tertiary/aromatic N) is 2. The Hall–Kier alpha value is -1.75. The Balaban J connectivity index is 3.30. The summed E-state index contributed by atoms with van der Waals surface area (Å²) < 4.78 is 0. The summed E-state index contributed by atoms with van der Waals surface area (Å²) in [5.41, 5.74) is 0. The van der Waals surface area contributed by atoms with Crippen molar-refractivity contribution in [1.29, 1.82) is 10.5 Å². The van der Waals surface area contributed by atoms with E-state index in [-0.39, 0.29) is 13.1 Å². The Morgan fingerprint density at radius 3 is 1.90 bits per heavy atom. The van der Waals surface area contributed by atoms with Crippen LogP contribution in [0.2, 0.25) is 0 Å². The number of urea groups is 1. The van der Waals surface area contributed by atoms with E-state index in [0.717, 1.165) is 0 Å². The molecule has 0 aliphatic carbocycles. The minimum atomic E-state index is -0.497. The second-order valence-electron chi connectivity index (χ2n) is 1.35. The molecule has 0 rings (SSSR count). The molecule has 0 aromatic rings. The van der Waals surface area contributed by atoms with Gasteiger partial charge in [0.15, 0.2) is 0 Å². The number of carbonyl (C=O) groups is 1. The molecule has 0 aromatic carbocycles. The molecule has 0 saturated heterocycles. The third kappa shape index (κ3) is 4.41. The van der Waals surface area contributed by atoms with Crippen LogP contribution in [0.3, 0.4) is 0 Å². The van der Waals surface area contributed by atoms with Gasteiger partial charge in [0.05, 0.1) is 12.1 Å². The third-order valence-electron chi connectivity index (χ3n) is 0.656. The summed E-state index contributed by atoms with van der Waals surface area (Å²) in [7, 11) is 0. The van der Waals surface area contributed by atoms with E-state index in [1.807, 2.05) is 0 Å². The molecule has 0 spiro atoms. The quantitative estimate of drug-likeness (QED) is 0.496. The maximum absolute atomic E-state index is 10.4. The summed E-state index contributed by atoms with van der Waals surface area (Å²) in [6.07, 6.45) is 0. The Kier molecular flexibility index (Phi) is 4.45. The summed E-state index contributed by atoms with van der Waals surface area (Å²) in [5.74, 6) is 0. The van der Waals surface area contributed by atoms with Crippen molar-refractivity contribution >= 4 is 6.03 Å². The van der Waals surface area contributed by atoms with Crippen molar-refractivity contribution in [3.63, 3.8) is 0 Å². The normalized spacial score (nSPS) is 7.00. The highest BCUT2D eigenvalue weighted by atomic mass is 16.2. The first-order chi connectivity index (χ1) is 4.81. The molecule has 0 aromatic heterocycles. The lowest BCUT2D eigenvalue weighted by atomic mass is 10.7. The highest BCUT2D eigenvalue weighted by Crippen LogP contribution is 1.61. The molecule has 10 heavy (non-hydrogen) atoms. The Labute approximate surface area is 58.2 Å². The van der Waals surface area contributed by atoms with Crippen molar-refractivity contribution in [3.05, 3.63) is 0 Å². The van der Waals surface area contributed by atoms with E-state index in [4.69, 9.17) is 10.5 Å². The maximum Gasteiger partial charge on any atom is 0.316 e. The third-order valence-corrected chi connectivity index (χ3v) is 0.656. The molecular formula is C5H6N4O. The van der Waals surface area contributed by atoms with Gasteiger partial charge in [-0.25, -0.2) is 4.79 Å². The van der Waals surface area contributed by atoms with Crippen LogP contribution in [0.4, 0.5) is 4.79 Å². The highest BCUT2D eigenvalue weighted by molar-refractivity contribution is 5.74. The van der Waals surface area contributed by atoms with Gasteiger partial charge in [0.2, 0.25) is 0 Å². The van der Waals surface area contributed by atoms with E-state index in [1.165, 1.54) is 0 Å². The predicted octanol–water partition coefficient (Wildman–Crippen LogP) is -0.667. The number of carbonyl (C=O) groups excluding carboxylic acids is 1. The van der Waals surface area contributed by atoms with Crippen LogP contribution in [0.1, 0.15) is 0 Å². The SMILES string of the molecule is N#CCNC(=O)NCC#N. The van der Waals surface area contributed by atoms with Crippen LogP contribution in [0, 0.1) is 22.7 Å². The predicted molar refractivity (Wildman–Crippen MR) is 32.6 cm³/mol. The summed E-state index contributed by atoms with van der Waals surface area (Å²) in [6.45, 7) is -0.0888. The molecule has 0 aliphatic heterocycles. The van der Waals surface area contributed by atoms with E-state index in [1.54, 1.807) is 12.1 Å². The van der Waals surface area contributed by atoms with Crippen molar-refractivity contribution in [2.45, 2.75) is 0 Å². The number of amides is 2. The number of hydrogen-bond donors (Lipinski definition) is 2. The van der Waals surface area contributed by atoms with Crippen LogP contribution < -0.4 is 10.6 Å². The lowest BCUT2D eigenvalue weighted by Gasteiger charge is -1.97. The van der Waals surface area contributed by atoms with E-state index < -0.39 is 6.03 Å². The van der Waals surface area contributed by atoms with Gasteiger partial charge in [0.1, 0.15) is 13.1 Å². The fraction of sp³-hybridized carbons (Fsp3) is 0.400. The van der Waals surface area contributed by atoms with Gasteiger partial charge in [0, 0.05) is 0 Å². The number of rotatable bonds is 2. The van der Waals surface area contributed by atoms with Gasteiger partial charge >= 0.3 is 6.03 Å². The summed E-state index contributed by atoms with van der Waals surface area (Å²) in [6, 6.07) is 2.94. The molecule has 0 radical (unpaired) electrons. The Morgan fingerprint density at radius 1 is 1.20 bits per heavy atom. The maximum atomic E-state index is 10.4. The van der Waals surface area contributed by atoms with Crippen molar-refractivity contribution < 1.29 is 4.79 Å². The lowest BCUT2D eigenvalue weighted by molar-refractivity contribution is 0.243. The van der Waals surface area contributed by atoms with Gasteiger partial charge in [-0.15, -0.1) is 0 Å². The van der Waals surface area contributed by atoms with Crippen molar-refractivity contribution in [3.8, 4) is 12.1 Å². The molecule has 0 fully saturated rings. The van der Waals surface area contributed by atoms with Crippen LogP contribution in [0.25, 0.3) is 0 Å². The highest BCUT2D eigenvalue weighted by Gasteiger charge is 1.94. The van der Waals surface area contributed by atoms with Gasteiger partial charge < -0.3 is 10.6 Å². The van der Waals surface area contributed by atoms with Gasteiger partial charge in [0.25, 0.3) is 0 Å². The molecule has 0 aliphatic rings. The smallest absolute Gasteiger partial charge is 0.316 e. The fourth-order valence-electron chi connectivity index (χ4n) is 0.302. The summed E-state index contributed by atoms with van der Waals surface area (Å²) in [5, 5.41) is 20.4. The first kappa shape index (κ1) is 8.25. The molecule has 0 saturated carbocycles. The standard InChI is InChI=1S/C5H6N4O/c6-1-3-8-5(10)9-4-2-7/h3-4H2,(H2,8,9,10). The second-order valence-corrected chi connectivity index (χ2v) is 1.35. The minimum Gasteiger partial charge on any atom is -0.325 e. The number of nitriles is 2. The first-order valence-electron chi connectivity index (χ1n) is 2.57. The van der Waals surface area contributed by atoms with Crippen LogP contribution in [-0.4, -0.2) is 19.1 Å². The molecule has 0 unspecified atom stereocenters. The van der Waals surface area contributed by atoms with Crippen LogP contribution in [0.15, 0.2) is 0 Å². The molecule has 5 nitrogen and oxygen atoms in total. The molecule has 2 N–H and O–H groups in total. The van der Waals surface area contributed by atoms with E-state index in [0.29, 0.717) is 0 Å². The largest absolute Gasteiger partial charge is 0.325 e.